The molecule has 1 aliphatic heterocycles. The smallest absolute Gasteiger partial charge is 0.264 e. The maximum absolute atomic E-state index is 13.8. The van der Waals surface area contributed by atoms with E-state index in [0.29, 0.717) is 0 Å². The molecule has 0 bridgehead atoms. The number of amides is 3. The predicted octanol–water partition coefficient (Wildman–Crippen LogP) is 2.69. The van der Waals surface area contributed by atoms with Crippen LogP contribution in [-0.4, -0.2) is 29.2 Å². The van der Waals surface area contributed by atoms with Gasteiger partial charge in [-0.1, -0.05) is 36.4 Å². The summed E-state index contributed by atoms with van der Waals surface area (Å²) in [5.41, 5.74) is 0.785. The van der Waals surface area contributed by atoms with E-state index >= 15 is 0 Å². The third-order valence-electron chi connectivity index (χ3n) is 4.19. The Hall–Kier alpha value is -3.02. The number of rotatable bonds is 5. The molecule has 0 aliphatic carbocycles. The molecule has 1 heterocycles. The third kappa shape index (κ3) is 3.28. The van der Waals surface area contributed by atoms with Crippen LogP contribution in [0.5, 0.6) is 0 Å². The average molecular weight is 340 g/mol. The van der Waals surface area contributed by atoms with Gasteiger partial charge in [0.05, 0.1) is 17.2 Å². The number of fused-ring (bicyclic) bond motifs is 1. The van der Waals surface area contributed by atoms with Gasteiger partial charge in [0.15, 0.2) is 0 Å². The molecule has 5 nitrogen and oxygen atoms in total. The second kappa shape index (κ2) is 6.84. The lowest BCUT2D eigenvalue weighted by Crippen LogP contribution is -2.35. The summed E-state index contributed by atoms with van der Waals surface area (Å²) < 4.78 is 13.8. The van der Waals surface area contributed by atoms with Gasteiger partial charge in [-0.2, -0.15) is 0 Å². The van der Waals surface area contributed by atoms with Gasteiger partial charge in [0.25, 0.3) is 11.8 Å². The Bertz CT molecular complexity index is 836. The number of carbonyl (C=O) groups excluding carboxylic acids is 3. The number of benzene rings is 2. The van der Waals surface area contributed by atoms with Crippen LogP contribution < -0.4 is 5.32 Å². The van der Waals surface area contributed by atoms with Gasteiger partial charge in [-0.05, 0) is 24.6 Å². The van der Waals surface area contributed by atoms with Crippen LogP contribution in [0.15, 0.2) is 48.5 Å². The SMILES string of the molecule is CC(NC(=O)CCN1C(=O)c2cccc(F)c2C1=O)c1ccccc1. The highest BCUT2D eigenvalue weighted by molar-refractivity contribution is 6.21. The van der Waals surface area contributed by atoms with E-state index in [0.717, 1.165) is 16.5 Å². The second-order valence-corrected chi connectivity index (χ2v) is 5.87. The molecule has 3 rings (SSSR count). The largest absolute Gasteiger partial charge is 0.350 e. The zero-order valence-electron chi connectivity index (χ0n) is 13.7. The van der Waals surface area contributed by atoms with Crippen molar-refractivity contribution in [1.29, 1.82) is 0 Å². The Labute approximate surface area is 144 Å². The van der Waals surface area contributed by atoms with Crippen molar-refractivity contribution in [3.05, 3.63) is 71.0 Å². The number of hydrogen-bond acceptors (Lipinski definition) is 3. The molecule has 1 unspecified atom stereocenters. The molecule has 0 spiro atoms. The summed E-state index contributed by atoms with van der Waals surface area (Å²) in [4.78, 5) is 37.5. The lowest BCUT2D eigenvalue weighted by Gasteiger charge is -2.16. The quantitative estimate of drug-likeness (QED) is 0.851. The zero-order valence-corrected chi connectivity index (χ0v) is 13.7. The van der Waals surface area contributed by atoms with Crippen molar-refractivity contribution in [1.82, 2.24) is 10.2 Å². The number of nitrogens with one attached hydrogen (secondary N) is 1. The minimum absolute atomic E-state index is 0.0374. The number of nitrogens with zero attached hydrogens (tertiary/aromatic N) is 1. The van der Waals surface area contributed by atoms with Crippen molar-refractivity contribution in [2.75, 3.05) is 6.54 Å². The Morgan fingerprint density at radius 3 is 2.48 bits per heavy atom. The highest BCUT2D eigenvalue weighted by atomic mass is 19.1. The highest BCUT2D eigenvalue weighted by Gasteiger charge is 2.37. The first-order valence-corrected chi connectivity index (χ1v) is 7.98. The van der Waals surface area contributed by atoms with E-state index in [9.17, 15) is 18.8 Å². The normalized spacial score (nSPS) is 14.4. The van der Waals surface area contributed by atoms with Gasteiger partial charge in [0, 0.05) is 13.0 Å². The maximum Gasteiger partial charge on any atom is 0.264 e. The van der Waals surface area contributed by atoms with Gasteiger partial charge < -0.3 is 5.32 Å². The summed E-state index contributed by atoms with van der Waals surface area (Å²) in [5, 5.41) is 2.82. The van der Waals surface area contributed by atoms with Crippen molar-refractivity contribution in [3.63, 3.8) is 0 Å². The summed E-state index contributed by atoms with van der Waals surface area (Å²) in [6.45, 7) is 1.77. The van der Waals surface area contributed by atoms with Crippen LogP contribution in [0, 0.1) is 5.82 Å². The zero-order chi connectivity index (χ0) is 18.0. The Morgan fingerprint density at radius 1 is 1.08 bits per heavy atom. The van der Waals surface area contributed by atoms with Crippen LogP contribution >= 0.6 is 0 Å². The van der Waals surface area contributed by atoms with Crippen LogP contribution in [0.4, 0.5) is 4.39 Å². The minimum Gasteiger partial charge on any atom is -0.350 e. The second-order valence-electron chi connectivity index (χ2n) is 5.87. The van der Waals surface area contributed by atoms with Crippen LogP contribution in [0.2, 0.25) is 0 Å². The van der Waals surface area contributed by atoms with Crippen molar-refractivity contribution < 1.29 is 18.8 Å². The van der Waals surface area contributed by atoms with E-state index < -0.39 is 17.6 Å². The molecule has 1 atom stereocenters. The number of hydrogen-bond donors (Lipinski definition) is 1. The molecule has 128 valence electrons. The fourth-order valence-electron chi connectivity index (χ4n) is 2.85. The van der Waals surface area contributed by atoms with Crippen molar-refractivity contribution >= 4 is 17.7 Å². The molecule has 0 saturated carbocycles. The van der Waals surface area contributed by atoms with E-state index in [1.807, 2.05) is 37.3 Å². The van der Waals surface area contributed by atoms with Gasteiger partial charge in [0.2, 0.25) is 5.91 Å². The first-order valence-electron chi connectivity index (χ1n) is 7.98. The highest BCUT2D eigenvalue weighted by Crippen LogP contribution is 2.25. The van der Waals surface area contributed by atoms with Crippen molar-refractivity contribution in [3.8, 4) is 0 Å². The number of imide groups is 1. The monoisotopic (exact) mass is 340 g/mol. The molecule has 3 amide bonds. The molecular formula is C19H17FN2O3. The van der Waals surface area contributed by atoms with Gasteiger partial charge in [-0.15, -0.1) is 0 Å². The van der Waals surface area contributed by atoms with Crippen LogP contribution in [-0.2, 0) is 4.79 Å². The van der Waals surface area contributed by atoms with Crippen LogP contribution in [0.1, 0.15) is 45.7 Å². The van der Waals surface area contributed by atoms with Crippen molar-refractivity contribution in [2.24, 2.45) is 0 Å². The van der Waals surface area contributed by atoms with Crippen molar-refractivity contribution in [2.45, 2.75) is 19.4 Å². The summed E-state index contributed by atoms with van der Waals surface area (Å²) >= 11 is 0. The molecule has 1 aliphatic rings. The summed E-state index contributed by atoms with van der Waals surface area (Å²) in [5.74, 6) is -2.26. The van der Waals surface area contributed by atoms with E-state index in [4.69, 9.17) is 0 Å². The molecule has 25 heavy (non-hydrogen) atoms. The molecular weight excluding hydrogens is 323 g/mol. The molecule has 0 fully saturated rings. The fraction of sp³-hybridized carbons (Fsp3) is 0.211. The molecule has 6 heteroatoms. The van der Waals surface area contributed by atoms with Gasteiger partial charge in [-0.3, -0.25) is 19.3 Å². The minimum atomic E-state index is -0.722. The van der Waals surface area contributed by atoms with E-state index in [1.54, 1.807) is 0 Å². The predicted molar refractivity (Wildman–Crippen MR) is 89.4 cm³/mol. The first-order chi connectivity index (χ1) is 12.0. The van der Waals surface area contributed by atoms with E-state index in [-0.39, 0.29) is 36.0 Å². The third-order valence-corrected chi connectivity index (χ3v) is 4.19. The van der Waals surface area contributed by atoms with E-state index in [2.05, 4.69) is 5.32 Å². The summed E-state index contributed by atoms with van der Waals surface area (Å²) in [6, 6.07) is 13.2. The Kier molecular flexibility index (Phi) is 4.61. The Balaban J connectivity index is 1.61. The Morgan fingerprint density at radius 2 is 1.80 bits per heavy atom. The average Bonchev–Trinajstić information content (AvgIpc) is 2.86. The number of halogens is 1. The lowest BCUT2D eigenvalue weighted by molar-refractivity contribution is -0.121. The van der Waals surface area contributed by atoms with Gasteiger partial charge in [-0.25, -0.2) is 4.39 Å². The molecule has 2 aromatic rings. The maximum atomic E-state index is 13.8. The fourth-order valence-corrected chi connectivity index (χ4v) is 2.85. The number of carbonyl (C=O) groups is 3. The topological polar surface area (TPSA) is 66.5 Å². The standard InChI is InChI=1S/C19H17FN2O3/c1-12(13-6-3-2-4-7-13)21-16(23)10-11-22-18(24)14-8-5-9-15(20)17(14)19(22)25/h2-9,12H,10-11H2,1H3,(H,21,23). The summed E-state index contributed by atoms with van der Waals surface area (Å²) in [7, 11) is 0. The molecule has 0 aromatic heterocycles. The molecule has 2 aromatic carbocycles. The van der Waals surface area contributed by atoms with Gasteiger partial charge in [0.1, 0.15) is 5.82 Å². The molecule has 1 N–H and O–H groups in total. The van der Waals surface area contributed by atoms with Crippen LogP contribution in [0.25, 0.3) is 0 Å². The van der Waals surface area contributed by atoms with Gasteiger partial charge >= 0.3 is 0 Å². The first kappa shape index (κ1) is 16.8. The van der Waals surface area contributed by atoms with E-state index in [1.165, 1.54) is 12.1 Å². The van der Waals surface area contributed by atoms with Crippen LogP contribution in [0.3, 0.4) is 0 Å². The molecule has 0 radical (unpaired) electrons. The lowest BCUT2D eigenvalue weighted by atomic mass is 10.1. The summed E-state index contributed by atoms with van der Waals surface area (Å²) in [6.07, 6.45) is -0.0374. The molecule has 0 saturated heterocycles.